The number of pyridine rings is 1. The zero-order valence-corrected chi connectivity index (χ0v) is 17.7. The summed E-state index contributed by atoms with van der Waals surface area (Å²) in [6.07, 6.45) is 4.79. The van der Waals surface area contributed by atoms with Gasteiger partial charge in [-0.2, -0.15) is 0 Å². The maximum atomic E-state index is 13.1. The van der Waals surface area contributed by atoms with E-state index in [1.165, 1.54) is 0 Å². The van der Waals surface area contributed by atoms with Crippen LogP contribution < -0.4 is 15.5 Å². The molecule has 0 fully saturated rings. The number of carbonyl (C=O) groups is 2. The lowest BCUT2D eigenvalue weighted by Gasteiger charge is -2.36. The van der Waals surface area contributed by atoms with Crippen molar-refractivity contribution in [1.29, 1.82) is 0 Å². The number of hydrogen-bond acceptors (Lipinski definition) is 5. The fraction of sp³-hybridized carbons (Fsp3) is 0.375. The first-order valence-corrected chi connectivity index (χ1v) is 10.4. The molecule has 0 radical (unpaired) electrons. The van der Waals surface area contributed by atoms with Gasteiger partial charge in [-0.3, -0.25) is 14.6 Å². The van der Waals surface area contributed by atoms with Crippen molar-refractivity contribution in [3.8, 4) is 0 Å². The number of rotatable bonds is 4. The molecule has 0 saturated carbocycles. The molecule has 2 aromatic rings. The molecular weight excluding hydrogens is 376 g/mol. The lowest BCUT2D eigenvalue weighted by Crippen LogP contribution is -2.44. The molecule has 1 atom stereocenters. The first-order chi connectivity index (χ1) is 14.3. The smallest absolute Gasteiger partial charge is 0.239 e. The van der Waals surface area contributed by atoms with E-state index in [1.807, 2.05) is 48.2 Å². The Balaban J connectivity index is 1.61. The summed E-state index contributed by atoms with van der Waals surface area (Å²) >= 11 is 0. The Labute approximate surface area is 177 Å². The van der Waals surface area contributed by atoms with Gasteiger partial charge in [0.2, 0.25) is 5.91 Å². The van der Waals surface area contributed by atoms with Gasteiger partial charge in [-0.15, -0.1) is 0 Å². The van der Waals surface area contributed by atoms with Gasteiger partial charge in [-0.05, 0) is 42.5 Å². The number of nitrogens with zero attached hydrogens (tertiary/aromatic N) is 2. The number of aromatic nitrogens is 1. The Morgan fingerprint density at radius 2 is 2.03 bits per heavy atom. The predicted molar refractivity (Wildman–Crippen MR) is 118 cm³/mol. The maximum absolute atomic E-state index is 13.1. The van der Waals surface area contributed by atoms with Gasteiger partial charge in [0.15, 0.2) is 5.78 Å². The Hall–Kier alpha value is -3.15. The fourth-order valence-electron chi connectivity index (χ4n) is 4.42. The normalized spacial score (nSPS) is 20.0. The molecule has 2 heterocycles. The van der Waals surface area contributed by atoms with Crippen molar-refractivity contribution in [3.63, 3.8) is 0 Å². The van der Waals surface area contributed by atoms with Crippen molar-refractivity contribution in [1.82, 2.24) is 10.3 Å². The molecule has 0 saturated heterocycles. The second-order valence-electron chi connectivity index (χ2n) is 8.92. The molecule has 2 aliphatic rings. The SMILES string of the molecule is CC1C2=C(CC(C)(C)CC2=O)Nc2ccccc2N1CC(=O)NCc1cccnc1. The van der Waals surface area contributed by atoms with E-state index in [-0.39, 0.29) is 29.7 Å². The quantitative estimate of drug-likeness (QED) is 0.814. The van der Waals surface area contributed by atoms with E-state index >= 15 is 0 Å². The summed E-state index contributed by atoms with van der Waals surface area (Å²) in [5.74, 6) is 0.0722. The van der Waals surface area contributed by atoms with Crippen LogP contribution in [0.1, 0.15) is 39.2 Å². The highest BCUT2D eigenvalue weighted by Crippen LogP contribution is 2.43. The molecule has 6 nitrogen and oxygen atoms in total. The molecule has 1 aliphatic heterocycles. The summed E-state index contributed by atoms with van der Waals surface area (Å²) in [5, 5.41) is 6.49. The van der Waals surface area contributed by atoms with E-state index in [0.29, 0.717) is 13.0 Å². The van der Waals surface area contributed by atoms with Gasteiger partial charge in [0.25, 0.3) is 0 Å². The summed E-state index contributed by atoms with van der Waals surface area (Å²) in [7, 11) is 0. The molecule has 1 amide bonds. The maximum Gasteiger partial charge on any atom is 0.239 e. The van der Waals surface area contributed by atoms with Gasteiger partial charge >= 0.3 is 0 Å². The van der Waals surface area contributed by atoms with Crippen molar-refractivity contribution < 1.29 is 9.59 Å². The van der Waals surface area contributed by atoms with Crippen molar-refractivity contribution in [2.45, 2.75) is 46.2 Å². The van der Waals surface area contributed by atoms with E-state index in [4.69, 9.17) is 0 Å². The van der Waals surface area contributed by atoms with Crippen LogP contribution in [-0.2, 0) is 16.1 Å². The van der Waals surface area contributed by atoms with Crippen molar-refractivity contribution in [3.05, 3.63) is 65.6 Å². The number of allylic oxidation sites excluding steroid dienone is 1. The van der Waals surface area contributed by atoms with Crippen LogP contribution in [0.4, 0.5) is 11.4 Å². The highest BCUT2D eigenvalue weighted by Gasteiger charge is 2.39. The summed E-state index contributed by atoms with van der Waals surface area (Å²) in [5.41, 5.74) is 4.52. The van der Waals surface area contributed by atoms with E-state index in [0.717, 1.165) is 34.6 Å². The van der Waals surface area contributed by atoms with Crippen molar-refractivity contribution in [2.24, 2.45) is 5.41 Å². The highest BCUT2D eigenvalue weighted by atomic mass is 16.2. The number of para-hydroxylation sites is 2. The monoisotopic (exact) mass is 404 g/mol. The van der Waals surface area contributed by atoms with Crippen LogP contribution in [0.15, 0.2) is 60.1 Å². The van der Waals surface area contributed by atoms with Gasteiger partial charge in [-0.1, -0.05) is 32.0 Å². The van der Waals surface area contributed by atoms with Gasteiger partial charge in [0.1, 0.15) is 0 Å². The molecule has 1 aromatic carbocycles. The number of benzene rings is 1. The van der Waals surface area contributed by atoms with E-state index in [9.17, 15) is 9.59 Å². The van der Waals surface area contributed by atoms with Crippen LogP contribution >= 0.6 is 0 Å². The van der Waals surface area contributed by atoms with Crippen LogP contribution in [0.2, 0.25) is 0 Å². The zero-order chi connectivity index (χ0) is 21.3. The third kappa shape index (κ3) is 4.08. The summed E-state index contributed by atoms with van der Waals surface area (Å²) in [6, 6.07) is 11.5. The average molecular weight is 405 g/mol. The second kappa shape index (κ2) is 7.94. The molecule has 2 N–H and O–H groups in total. The van der Waals surface area contributed by atoms with E-state index in [1.54, 1.807) is 12.4 Å². The fourth-order valence-corrected chi connectivity index (χ4v) is 4.42. The van der Waals surface area contributed by atoms with E-state index < -0.39 is 0 Å². The number of amides is 1. The molecule has 1 aliphatic carbocycles. The molecule has 0 bridgehead atoms. The van der Waals surface area contributed by atoms with Gasteiger partial charge < -0.3 is 15.5 Å². The zero-order valence-electron chi connectivity index (χ0n) is 17.7. The number of hydrogen-bond donors (Lipinski definition) is 2. The highest BCUT2D eigenvalue weighted by molar-refractivity contribution is 6.01. The molecular formula is C24H28N4O2. The van der Waals surface area contributed by atoms with Crippen LogP contribution in [0.5, 0.6) is 0 Å². The second-order valence-corrected chi connectivity index (χ2v) is 8.92. The minimum absolute atomic E-state index is 0.0756. The first-order valence-electron chi connectivity index (χ1n) is 10.4. The average Bonchev–Trinajstić information content (AvgIpc) is 2.81. The summed E-state index contributed by atoms with van der Waals surface area (Å²) < 4.78 is 0. The molecule has 30 heavy (non-hydrogen) atoms. The molecule has 4 rings (SSSR count). The van der Waals surface area contributed by atoms with Crippen molar-refractivity contribution in [2.75, 3.05) is 16.8 Å². The minimum Gasteiger partial charge on any atom is -0.357 e. The minimum atomic E-state index is -0.191. The van der Waals surface area contributed by atoms with Gasteiger partial charge in [0.05, 0.1) is 24.0 Å². The molecule has 1 unspecified atom stereocenters. The largest absolute Gasteiger partial charge is 0.357 e. The molecule has 156 valence electrons. The van der Waals surface area contributed by atoms with E-state index in [2.05, 4.69) is 29.5 Å². The van der Waals surface area contributed by atoms with Crippen LogP contribution in [0.3, 0.4) is 0 Å². The third-order valence-electron chi connectivity index (χ3n) is 5.83. The van der Waals surface area contributed by atoms with Crippen LogP contribution in [0, 0.1) is 5.41 Å². The number of Topliss-reactive ketones (excluding diaryl/α,β-unsaturated/α-hetero) is 1. The summed E-state index contributed by atoms with van der Waals surface area (Å²) in [4.78, 5) is 32.0. The number of carbonyl (C=O) groups excluding carboxylic acids is 2. The predicted octanol–water partition coefficient (Wildman–Crippen LogP) is 3.66. The summed E-state index contributed by atoms with van der Waals surface area (Å²) in [6.45, 7) is 6.87. The van der Waals surface area contributed by atoms with Crippen molar-refractivity contribution >= 4 is 23.1 Å². The third-order valence-corrected chi connectivity index (χ3v) is 5.83. The Bertz CT molecular complexity index is 997. The topological polar surface area (TPSA) is 74.3 Å². The number of nitrogens with one attached hydrogen (secondary N) is 2. The van der Waals surface area contributed by atoms with Crippen LogP contribution in [-0.4, -0.2) is 29.3 Å². The number of anilines is 2. The van der Waals surface area contributed by atoms with Gasteiger partial charge in [0, 0.05) is 36.6 Å². The lowest BCUT2D eigenvalue weighted by molar-refractivity contribution is -0.120. The lowest BCUT2D eigenvalue weighted by atomic mass is 9.74. The van der Waals surface area contributed by atoms with Crippen LogP contribution in [0.25, 0.3) is 0 Å². The number of ketones is 1. The number of fused-ring (bicyclic) bond motifs is 1. The van der Waals surface area contributed by atoms with Gasteiger partial charge in [-0.25, -0.2) is 0 Å². The molecule has 1 aromatic heterocycles. The Morgan fingerprint density at radius 1 is 1.23 bits per heavy atom. The Kier molecular flexibility index (Phi) is 5.33. The molecule has 6 heteroatoms. The Morgan fingerprint density at radius 3 is 2.80 bits per heavy atom. The molecule has 0 spiro atoms. The first kappa shape index (κ1) is 20.1. The standard InChI is InChI=1S/C24H28N4O2/c1-16-23-19(11-24(2,3)12-21(23)29)27-18-8-4-5-9-20(18)28(16)15-22(30)26-14-17-7-6-10-25-13-17/h4-10,13,16,27H,11-12,14-15H2,1-3H3,(H,26,30).